The quantitative estimate of drug-likeness (QED) is 0.764. The van der Waals surface area contributed by atoms with Gasteiger partial charge in [0.15, 0.2) is 0 Å². The van der Waals surface area contributed by atoms with Crippen LogP contribution in [0.1, 0.15) is 11.1 Å². The molecule has 0 heterocycles. The molecule has 0 aliphatic rings. The van der Waals surface area contributed by atoms with Gasteiger partial charge in [0.1, 0.15) is 0 Å². The van der Waals surface area contributed by atoms with Crippen molar-refractivity contribution in [2.24, 2.45) is 5.73 Å². The smallest absolute Gasteiger partial charge is 0.0589 e. The molecule has 0 radical (unpaired) electrons. The Kier molecular flexibility index (Phi) is 5.32. The zero-order valence-electron chi connectivity index (χ0n) is 9.57. The molecule has 0 spiro atoms. The van der Waals surface area contributed by atoms with Crippen LogP contribution < -0.4 is 5.73 Å². The van der Waals surface area contributed by atoms with Gasteiger partial charge in [0.25, 0.3) is 0 Å². The highest BCUT2D eigenvalue weighted by Crippen LogP contribution is 2.09. The molecule has 0 atom stereocenters. The van der Waals surface area contributed by atoms with Gasteiger partial charge in [-0.1, -0.05) is 24.3 Å². The van der Waals surface area contributed by atoms with Crippen LogP contribution in [0.2, 0.25) is 0 Å². The zero-order valence-corrected chi connectivity index (χ0v) is 9.57. The van der Waals surface area contributed by atoms with Crippen molar-refractivity contribution in [1.29, 1.82) is 0 Å². The summed E-state index contributed by atoms with van der Waals surface area (Å²) in [5, 5.41) is 0. The molecule has 2 N–H and O–H groups in total. The minimum atomic E-state index is 0.605. The van der Waals surface area contributed by atoms with Crippen LogP contribution in [0.3, 0.4) is 0 Å². The lowest BCUT2D eigenvalue weighted by atomic mass is 10.1. The molecule has 0 bridgehead atoms. The van der Waals surface area contributed by atoms with Crippen molar-refractivity contribution in [1.82, 2.24) is 4.90 Å². The third-order valence-electron chi connectivity index (χ3n) is 2.46. The molecule has 1 rings (SSSR count). The van der Waals surface area contributed by atoms with E-state index in [-0.39, 0.29) is 0 Å². The Labute approximate surface area is 91.8 Å². The number of ether oxygens (including phenoxy) is 1. The third-order valence-corrected chi connectivity index (χ3v) is 2.46. The SMILES string of the molecule is COCCN(C)Cc1ccccc1CN. The number of nitrogens with zero attached hydrogens (tertiary/aromatic N) is 1. The molecule has 1 aromatic carbocycles. The average Bonchev–Trinajstić information content (AvgIpc) is 2.27. The molecule has 3 heteroatoms. The number of hydrogen-bond donors (Lipinski definition) is 1. The summed E-state index contributed by atoms with van der Waals surface area (Å²) in [5.74, 6) is 0. The fraction of sp³-hybridized carbons (Fsp3) is 0.500. The summed E-state index contributed by atoms with van der Waals surface area (Å²) < 4.78 is 5.04. The monoisotopic (exact) mass is 208 g/mol. The Bertz CT molecular complexity index is 289. The van der Waals surface area contributed by atoms with E-state index < -0.39 is 0 Å². The molecule has 0 unspecified atom stereocenters. The molecule has 0 amide bonds. The average molecular weight is 208 g/mol. The van der Waals surface area contributed by atoms with Crippen LogP contribution in [0.25, 0.3) is 0 Å². The van der Waals surface area contributed by atoms with Gasteiger partial charge in [-0.15, -0.1) is 0 Å². The van der Waals surface area contributed by atoms with Crippen molar-refractivity contribution in [3.8, 4) is 0 Å². The van der Waals surface area contributed by atoms with Gasteiger partial charge in [-0.25, -0.2) is 0 Å². The van der Waals surface area contributed by atoms with Crippen LogP contribution in [-0.2, 0) is 17.8 Å². The van der Waals surface area contributed by atoms with Crippen molar-refractivity contribution < 1.29 is 4.74 Å². The van der Waals surface area contributed by atoms with Gasteiger partial charge in [0.05, 0.1) is 6.61 Å². The molecule has 0 fully saturated rings. The van der Waals surface area contributed by atoms with E-state index in [2.05, 4.69) is 30.1 Å². The Morgan fingerprint density at radius 3 is 2.53 bits per heavy atom. The molecule has 0 aliphatic heterocycles. The van der Waals surface area contributed by atoms with E-state index in [4.69, 9.17) is 10.5 Å². The maximum absolute atomic E-state index is 5.68. The second-order valence-corrected chi connectivity index (χ2v) is 3.70. The van der Waals surface area contributed by atoms with Gasteiger partial charge in [0, 0.05) is 26.7 Å². The van der Waals surface area contributed by atoms with Crippen LogP contribution >= 0.6 is 0 Å². The minimum absolute atomic E-state index is 0.605. The Morgan fingerprint density at radius 1 is 1.27 bits per heavy atom. The highest BCUT2D eigenvalue weighted by molar-refractivity contribution is 5.26. The first-order valence-electron chi connectivity index (χ1n) is 5.22. The molecule has 84 valence electrons. The highest BCUT2D eigenvalue weighted by Gasteiger charge is 2.03. The Balaban J connectivity index is 2.55. The van der Waals surface area contributed by atoms with E-state index in [9.17, 15) is 0 Å². The molecule has 3 nitrogen and oxygen atoms in total. The second-order valence-electron chi connectivity index (χ2n) is 3.70. The molecule has 0 aliphatic carbocycles. The third kappa shape index (κ3) is 4.00. The summed E-state index contributed by atoms with van der Waals surface area (Å²) in [4.78, 5) is 2.23. The first kappa shape index (κ1) is 12.2. The lowest BCUT2D eigenvalue weighted by Gasteiger charge is -2.17. The molecule has 1 aromatic rings. The number of nitrogens with two attached hydrogens (primary N) is 1. The van der Waals surface area contributed by atoms with E-state index in [1.807, 2.05) is 6.07 Å². The van der Waals surface area contributed by atoms with Crippen LogP contribution in [0, 0.1) is 0 Å². The van der Waals surface area contributed by atoms with Crippen molar-refractivity contribution in [2.75, 3.05) is 27.3 Å². The highest BCUT2D eigenvalue weighted by atomic mass is 16.5. The fourth-order valence-electron chi connectivity index (χ4n) is 1.53. The van der Waals surface area contributed by atoms with Gasteiger partial charge in [-0.2, -0.15) is 0 Å². The zero-order chi connectivity index (χ0) is 11.1. The number of likely N-dealkylation sites (N-methyl/N-ethyl adjacent to an activating group) is 1. The van der Waals surface area contributed by atoms with E-state index in [1.54, 1.807) is 7.11 Å². The van der Waals surface area contributed by atoms with E-state index in [0.717, 1.165) is 19.7 Å². The Morgan fingerprint density at radius 2 is 1.93 bits per heavy atom. The van der Waals surface area contributed by atoms with E-state index >= 15 is 0 Å². The Hall–Kier alpha value is -0.900. The summed E-state index contributed by atoms with van der Waals surface area (Å²) >= 11 is 0. The first-order valence-corrected chi connectivity index (χ1v) is 5.22. The number of methoxy groups -OCH3 is 1. The number of hydrogen-bond acceptors (Lipinski definition) is 3. The van der Waals surface area contributed by atoms with E-state index in [0.29, 0.717) is 6.54 Å². The summed E-state index contributed by atoms with van der Waals surface area (Å²) in [6, 6.07) is 8.30. The molecule has 0 saturated heterocycles. The maximum atomic E-state index is 5.68. The van der Waals surface area contributed by atoms with Crippen LogP contribution in [0.5, 0.6) is 0 Å². The summed E-state index contributed by atoms with van der Waals surface area (Å²) in [6.45, 7) is 3.24. The lowest BCUT2D eigenvalue weighted by Crippen LogP contribution is -2.23. The minimum Gasteiger partial charge on any atom is -0.383 e. The topological polar surface area (TPSA) is 38.5 Å². The van der Waals surface area contributed by atoms with Crippen molar-refractivity contribution in [2.45, 2.75) is 13.1 Å². The molecular weight excluding hydrogens is 188 g/mol. The van der Waals surface area contributed by atoms with Crippen molar-refractivity contribution >= 4 is 0 Å². The lowest BCUT2D eigenvalue weighted by molar-refractivity contribution is 0.158. The predicted molar refractivity (Wildman–Crippen MR) is 62.5 cm³/mol. The largest absolute Gasteiger partial charge is 0.383 e. The number of benzene rings is 1. The standard InChI is InChI=1S/C12H20N2O/c1-14(7-8-15-2)10-12-6-4-3-5-11(12)9-13/h3-6H,7-10,13H2,1-2H3. The van der Waals surface area contributed by atoms with E-state index in [1.165, 1.54) is 11.1 Å². The summed E-state index contributed by atoms with van der Waals surface area (Å²) in [6.07, 6.45) is 0. The number of rotatable bonds is 6. The van der Waals surface area contributed by atoms with Crippen LogP contribution in [-0.4, -0.2) is 32.2 Å². The molecule has 0 aromatic heterocycles. The van der Waals surface area contributed by atoms with Gasteiger partial charge >= 0.3 is 0 Å². The fourth-order valence-corrected chi connectivity index (χ4v) is 1.53. The van der Waals surface area contributed by atoms with Crippen molar-refractivity contribution in [3.63, 3.8) is 0 Å². The summed E-state index contributed by atoms with van der Waals surface area (Å²) in [5.41, 5.74) is 8.21. The molecule has 0 saturated carbocycles. The molecular formula is C12H20N2O. The summed E-state index contributed by atoms with van der Waals surface area (Å²) in [7, 11) is 3.81. The van der Waals surface area contributed by atoms with Gasteiger partial charge in [-0.05, 0) is 18.2 Å². The second kappa shape index (κ2) is 6.56. The van der Waals surface area contributed by atoms with Crippen LogP contribution in [0.4, 0.5) is 0 Å². The molecule has 15 heavy (non-hydrogen) atoms. The van der Waals surface area contributed by atoms with Crippen molar-refractivity contribution in [3.05, 3.63) is 35.4 Å². The predicted octanol–water partition coefficient (Wildman–Crippen LogP) is 1.22. The normalized spacial score (nSPS) is 10.9. The maximum Gasteiger partial charge on any atom is 0.0589 e. The van der Waals surface area contributed by atoms with Crippen LogP contribution in [0.15, 0.2) is 24.3 Å². The van der Waals surface area contributed by atoms with Gasteiger partial charge in [0.2, 0.25) is 0 Å². The van der Waals surface area contributed by atoms with Gasteiger partial charge < -0.3 is 10.5 Å². The van der Waals surface area contributed by atoms with Gasteiger partial charge in [-0.3, -0.25) is 4.90 Å². The first-order chi connectivity index (χ1) is 7.27.